The lowest BCUT2D eigenvalue weighted by atomic mass is 9.96. The summed E-state index contributed by atoms with van der Waals surface area (Å²) in [5, 5.41) is 18.7. The van der Waals surface area contributed by atoms with Crippen LogP contribution >= 0.6 is 27.7 Å². The SMILES string of the molecule is Cc1nc(SCC#N)c(C#N)c(C)c1CC(=O)c1ccc(Br)cc1. The van der Waals surface area contributed by atoms with Crippen LogP contribution in [0.3, 0.4) is 0 Å². The fourth-order valence-corrected chi connectivity index (χ4v) is 3.36. The molecule has 2 aromatic rings. The highest BCUT2D eigenvalue weighted by atomic mass is 79.9. The standard InChI is InChI=1S/C18H14BrN3OS/c1-11-15(9-17(23)13-3-5-14(19)6-4-13)12(2)22-18(16(11)10-21)24-8-7-20/h3-6H,8-9H2,1-2H3. The summed E-state index contributed by atoms with van der Waals surface area (Å²) in [5.41, 5.74) is 3.33. The van der Waals surface area contributed by atoms with Crippen molar-refractivity contribution < 1.29 is 4.79 Å². The second-order valence-electron chi connectivity index (χ2n) is 5.15. The number of hydrogen-bond acceptors (Lipinski definition) is 5. The minimum Gasteiger partial charge on any atom is -0.294 e. The number of carbonyl (C=O) groups is 1. The highest BCUT2D eigenvalue weighted by Crippen LogP contribution is 2.27. The fourth-order valence-electron chi connectivity index (χ4n) is 2.35. The number of nitriles is 2. The Kier molecular flexibility index (Phi) is 6.14. The van der Waals surface area contributed by atoms with Gasteiger partial charge in [0.15, 0.2) is 5.78 Å². The lowest BCUT2D eigenvalue weighted by molar-refractivity contribution is 0.0992. The van der Waals surface area contributed by atoms with Crippen molar-refractivity contribution >= 4 is 33.5 Å². The van der Waals surface area contributed by atoms with Crippen LogP contribution in [0.25, 0.3) is 0 Å². The molecular formula is C18H14BrN3OS. The number of thioether (sulfide) groups is 1. The van der Waals surface area contributed by atoms with Gasteiger partial charge in [-0.25, -0.2) is 4.98 Å². The Morgan fingerprint density at radius 3 is 2.50 bits per heavy atom. The second-order valence-corrected chi connectivity index (χ2v) is 7.03. The predicted molar refractivity (Wildman–Crippen MR) is 96.9 cm³/mol. The number of hydrogen-bond donors (Lipinski definition) is 0. The van der Waals surface area contributed by atoms with Gasteiger partial charge in [0.2, 0.25) is 0 Å². The Balaban J connectivity index is 2.37. The van der Waals surface area contributed by atoms with Gasteiger partial charge in [0.05, 0.1) is 17.4 Å². The zero-order valence-electron chi connectivity index (χ0n) is 13.3. The van der Waals surface area contributed by atoms with Gasteiger partial charge in [-0.3, -0.25) is 4.79 Å². The fraction of sp³-hybridized carbons (Fsp3) is 0.222. The molecular weight excluding hydrogens is 386 g/mol. The van der Waals surface area contributed by atoms with E-state index in [1.54, 1.807) is 12.1 Å². The molecule has 0 unspecified atom stereocenters. The first-order chi connectivity index (χ1) is 11.5. The van der Waals surface area contributed by atoms with E-state index in [1.807, 2.05) is 32.0 Å². The Morgan fingerprint density at radius 2 is 1.92 bits per heavy atom. The summed E-state index contributed by atoms with van der Waals surface area (Å²) in [6.07, 6.45) is 0.199. The molecule has 0 aliphatic carbocycles. The van der Waals surface area contributed by atoms with Crippen molar-refractivity contribution in [2.24, 2.45) is 0 Å². The number of nitrogens with zero attached hydrogens (tertiary/aromatic N) is 3. The number of ketones is 1. The predicted octanol–water partition coefficient (Wildman–Crippen LogP) is 4.37. The van der Waals surface area contributed by atoms with Crippen molar-refractivity contribution in [3.63, 3.8) is 0 Å². The molecule has 0 radical (unpaired) electrons. The second kappa shape index (κ2) is 8.10. The first-order valence-electron chi connectivity index (χ1n) is 7.16. The van der Waals surface area contributed by atoms with Gasteiger partial charge in [-0.15, -0.1) is 0 Å². The molecule has 0 saturated carbocycles. The van der Waals surface area contributed by atoms with Crippen LogP contribution in [0.4, 0.5) is 0 Å². The molecule has 2 rings (SSSR count). The van der Waals surface area contributed by atoms with Gasteiger partial charge in [-0.2, -0.15) is 10.5 Å². The van der Waals surface area contributed by atoms with Crippen LogP contribution in [0.15, 0.2) is 33.8 Å². The van der Waals surface area contributed by atoms with E-state index in [1.165, 1.54) is 11.8 Å². The van der Waals surface area contributed by atoms with E-state index < -0.39 is 0 Å². The van der Waals surface area contributed by atoms with E-state index in [9.17, 15) is 10.1 Å². The average molecular weight is 400 g/mol. The number of pyridine rings is 1. The number of aryl methyl sites for hydroxylation is 1. The summed E-state index contributed by atoms with van der Waals surface area (Å²) in [6.45, 7) is 3.66. The van der Waals surface area contributed by atoms with E-state index in [2.05, 4.69) is 27.0 Å². The molecule has 0 N–H and O–H groups in total. The molecule has 0 atom stereocenters. The molecule has 0 fully saturated rings. The largest absolute Gasteiger partial charge is 0.294 e. The van der Waals surface area contributed by atoms with E-state index >= 15 is 0 Å². The van der Waals surface area contributed by atoms with Crippen LogP contribution in [-0.4, -0.2) is 16.5 Å². The van der Waals surface area contributed by atoms with E-state index in [-0.39, 0.29) is 18.0 Å². The number of benzene rings is 1. The summed E-state index contributed by atoms with van der Waals surface area (Å²) in [6, 6.07) is 11.4. The smallest absolute Gasteiger partial charge is 0.167 e. The molecule has 1 heterocycles. The Labute approximate surface area is 153 Å². The highest BCUT2D eigenvalue weighted by Gasteiger charge is 2.18. The molecule has 0 amide bonds. The first kappa shape index (κ1) is 18.2. The maximum atomic E-state index is 12.5. The number of halogens is 1. The molecule has 0 spiro atoms. The van der Waals surface area contributed by atoms with Gasteiger partial charge in [-0.05, 0) is 37.1 Å². The monoisotopic (exact) mass is 399 g/mol. The third kappa shape index (κ3) is 4.03. The number of rotatable bonds is 5. The highest BCUT2D eigenvalue weighted by molar-refractivity contribution is 9.10. The van der Waals surface area contributed by atoms with E-state index in [0.29, 0.717) is 16.2 Å². The lowest BCUT2D eigenvalue weighted by Crippen LogP contribution is -2.10. The van der Waals surface area contributed by atoms with Gasteiger partial charge >= 0.3 is 0 Å². The zero-order valence-corrected chi connectivity index (χ0v) is 15.7. The van der Waals surface area contributed by atoms with Gasteiger partial charge < -0.3 is 0 Å². The summed E-state index contributed by atoms with van der Waals surface area (Å²) in [7, 11) is 0. The van der Waals surface area contributed by atoms with Crippen molar-refractivity contribution in [3.8, 4) is 12.1 Å². The van der Waals surface area contributed by atoms with Crippen molar-refractivity contribution in [1.82, 2.24) is 4.98 Å². The summed E-state index contributed by atoms with van der Waals surface area (Å²) >= 11 is 4.59. The molecule has 120 valence electrons. The molecule has 6 heteroatoms. The lowest BCUT2D eigenvalue weighted by Gasteiger charge is -2.13. The van der Waals surface area contributed by atoms with Crippen LogP contribution in [-0.2, 0) is 6.42 Å². The van der Waals surface area contributed by atoms with Gasteiger partial charge in [0, 0.05) is 22.2 Å². The molecule has 0 aliphatic rings. The minimum absolute atomic E-state index is 0.0168. The summed E-state index contributed by atoms with van der Waals surface area (Å²) < 4.78 is 0.915. The Morgan fingerprint density at radius 1 is 1.25 bits per heavy atom. The van der Waals surface area contributed by atoms with Gasteiger partial charge in [0.1, 0.15) is 11.1 Å². The van der Waals surface area contributed by atoms with E-state index in [0.717, 1.165) is 21.3 Å². The zero-order chi connectivity index (χ0) is 17.7. The van der Waals surface area contributed by atoms with Gasteiger partial charge in [-0.1, -0.05) is 39.8 Å². The molecule has 1 aromatic carbocycles. The summed E-state index contributed by atoms with van der Waals surface area (Å²) in [4.78, 5) is 16.9. The summed E-state index contributed by atoms with van der Waals surface area (Å²) in [5.74, 6) is 0.217. The third-order valence-electron chi connectivity index (χ3n) is 3.64. The normalized spacial score (nSPS) is 10.0. The molecule has 24 heavy (non-hydrogen) atoms. The van der Waals surface area contributed by atoms with Crippen molar-refractivity contribution in [1.29, 1.82) is 10.5 Å². The van der Waals surface area contributed by atoms with Crippen molar-refractivity contribution in [3.05, 3.63) is 56.7 Å². The van der Waals surface area contributed by atoms with Crippen LogP contribution in [0.5, 0.6) is 0 Å². The Hall–Kier alpha value is -2.15. The van der Waals surface area contributed by atoms with Crippen LogP contribution in [0.2, 0.25) is 0 Å². The maximum absolute atomic E-state index is 12.5. The van der Waals surface area contributed by atoms with Crippen molar-refractivity contribution in [2.75, 3.05) is 5.75 Å². The number of carbonyl (C=O) groups excluding carboxylic acids is 1. The molecule has 0 bridgehead atoms. The van der Waals surface area contributed by atoms with Crippen LogP contribution < -0.4 is 0 Å². The minimum atomic E-state index is -0.0168. The van der Waals surface area contributed by atoms with Crippen molar-refractivity contribution in [2.45, 2.75) is 25.3 Å². The first-order valence-corrected chi connectivity index (χ1v) is 8.94. The topological polar surface area (TPSA) is 77.5 Å². The van der Waals surface area contributed by atoms with E-state index in [4.69, 9.17) is 5.26 Å². The average Bonchev–Trinajstić information content (AvgIpc) is 2.57. The third-order valence-corrected chi connectivity index (χ3v) is 5.01. The van der Waals surface area contributed by atoms with Gasteiger partial charge in [0.25, 0.3) is 0 Å². The number of Topliss-reactive ketones (excluding diaryl/α,β-unsaturated/α-hetero) is 1. The maximum Gasteiger partial charge on any atom is 0.167 e. The Bertz CT molecular complexity index is 864. The quantitative estimate of drug-likeness (QED) is 0.550. The molecule has 1 aromatic heterocycles. The molecule has 4 nitrogen and oxygen atoms in total. The van der Waals surface area contributed by atoms with Crippen LogP contribution in [0, 0.1) is 36.5 Å². The van der Waals surface area contributed by atoms with Crippen LogP contribution in [0.1, 0.15) is 32.7 Å². The number of aromatic nitrogens is 1. The molecule has 0 saturated heterocycles. The molecule has 0 aliphatic heterocycles.